The molecule has 0 amide bonds. The van der Waals surface area contributed by atoms with Gasteiger partial charge in [-0.2, -0.15) is 0 Å². The molecule has 5 heavy (non-hydrogen) atoms. The van der Waals surface area contributed by atoms with E-state index < -0.39 is 0 Å². The Morgan fingerprint density at radius 3 is 1.20 bits per heavy atom. The molecule has 0 aromatic rings. The van der Waals surface area contributed by atoms with Crippen LogP contribution in [0.1, 0.15) is 0 Å². The summed E-state index contributed by atoms with van der Waals surface area (Å²) in [5.41, 5.74) is 0. The Balaban J connectivity index is -0.00000000167. The van der Waals surface area contributed by atoms with Gasteiger partial charge < -0.3 is 0 Å². The van der Waals surface area contributed by atoms with Crippen molar-refractivity contribution in [1.29, 1.82) is 0 Å². The van der Waals surface area contributed by atoms with E-state index in [0.717, 1.165) is 0 Å². The Morgan fingerprint density at radius 1 is 1.20 bits per heavy atom. The minimum absolute atomic E-state index is 0. The van der Waals surface area contributed by atoms with E-state index in [0.29, 0.717) is 0 Å². The summed E-state index contributed by atoms with van der Waals surface area (Å²) in [7, 11) is 0. The minimum Gasteiger partial charge on any atom is 0 e. The van der Waals surface area contributed by atoms with Gasteiger partial charge in [-0.25, -0.2) is 0 Å². The van der Waals surface area contributed by atoms with Crippen LogP contribution >= 0.6 is 0 Å². The molecule has 0 aliphatic heterocycles. The second-order valence-corrected chi connectivity index (χ2v) is 0. The third-order valence-corrected chi connectivity index (χ3v) is 0. The molecule has 0 aromatic carbocycles. The van der Waals surface area contributed by atoms with Gasteiger partial charge in [0, 0.05) is 55.5 Å². The zero-order valence-corrected chi connectivity index (χ0v) is 8.79. The Bertz CT molecular complexity index is 11.6. The van der Waals surface area contributed by atoms with Gasteiger partial charge in [0.15, 0.2) is 0 Å². The summed E-state index contributed by atoms with van der Waals surface area (Å²) < 4.78 is 0. The van der Waals surface area contributed by atoms with Gasteiger partial charge in [0.1, 0.15) is 0 Å². The number of hydrogen-bond acceptors (Lipinski definition) is 0. The summed E-state index contributed by atoms with van der Waals surface area (Å²) in [5, 5.41) is 0. The maximum atomic E-state index is 3.88. The molecule has 0 fully saturated rings. The Morgan fingerprint density at radius 2 is 1.20 bits per heavy atom. The summed E-state index contributed by atoms with van der Waals surface area (Å²) in [4.78, 5) is 0. The van der Waals surface area contributed by atoms with Gasteiger partial charge in [-0.05, 0) is 0 Å². The minimum atomic E-state index is 0. The number of hydrogen-bond donors (Lipinski definition) is 0. The largest absolute Gasteiger partial charge is 0 e. The fraction of sp³-hybridized carbons (Fsp3) is 1.00. The molecule has 0 bridgehead atoms. The Labute approximate surface area is 76.1 Å². The van der Waals surface area contributed by atoms with E-state index in [1.807, 2.05) is 0 Å². The monoisotopic (exact) mass is 365 g/mol. The van der Waals surface area contributed by atoms with Gasteiger partial charge in [-0.3, -0.25) is 0 Å². The first kappa shape index (κ1) is 26.9. The van der Waals surface area contributed by atoms with Gasteiger partial charge >= 0.3 is 21.4 Å². The first-order chi connectivity index (χ1) is 1.00. The van der Waals surface area contributed by atoms with Crippen molar-refractivity contribution in [3.05, 3.63) is 0 Å². The molecule has 0 rings (SSSR count). The first-order valence-corrected chi connectivity index (χ1v) is 1.30. The Kier molecular flexibility index (Phi) is 184. The quantitative estimate of drug-likeness (QED) is 0.551. The fourth-order valence-corrected chi connectivity index (χ4v) is 0. The molecule has 0 nitrogen and oxygen atoms in total. The summed E-state index contributed by atoms with van der Waals surface area (Å²) in [5.74, 6) is 1.62. The van der Waals surface area contributed by atoms with Crippen molar-refractivity contribution in [2.24, 2.45) is 0 Å². The first-order valence-electron chi connectivity index (χ1n) is 0.316. The van der Waals surface area contributed by atoms with Crippen molar-refractivity contribution >= 4 is 0 Å². The molecule has 0 spiro atoms. The van der Waals surface area contributed by atoms with E-state index in [1.54, 1.807) is 5.89 Å². The van der Waals surface area contributed by atoms with Crippen LogP contribution in [0.15, 0.2) is 0 Å². The van der Waals surface area contributed by atoms with Gasteiger partial charge in [0.2, 0.25) is 0 Å². The van der Waals surface area contributed by atoms with Crippen LogP contribution in [-0.2, 0) is 71.0 Å². The summed E-state index contributed by atoms with van der Waals surface area (Å²) in [6, 6.07) is 0. The summed E-state index contributed by atoms with van der Waals surface area (Å²) in [6.07, 6.45) is 0. The molecular weight excluding hydrogens is 362 g/mol. The Hall–Kier alpha value is 2.23. The van der Waals surface area contributed by atoms with E-state index in [1.165, 1.54) is 0 Å². The van der Waals surface area contributed by atoms with Crippen LogP contribution in [0, 0.1) is 0 Å². The molecule has 0 saturated carbocycles. The maximum absolute atomic E-state index is 3.88. The van der Waals surface area contributed by atoms with Crippen molar-refractivity contribution in [3.63, 3.8) is 0 Å². The molecule has 0 radical (unpaired) electrons. The topological polar surface area (TPSA) is 0 Å². The van der Waals surface area contributed by atoms with Crippen molar-refractivity contribution in [3.8, 4) is 0 Å². The molecule has 0 saturated heterocycles. The molecule has 4 heteroatoms. The molecule has 37 valence electrons. The second kappa shape index (κ2) is 34.2. The van der Waals surface area contributed by atoms with Crippen LogP contribution in [-0.4, -0.2) is 0 Å². The average molecular weight is 365 g/mol. The molecule has 0 N–H and O–H groups in total. The van der Waals surface area contributed by atoms with E-state index in [2.05, 4.69) is 15.5 Å². The van der Waals surface area contributed by atoms with Crippen molar-refractivity contribution in [1.82, 2.24) is 0 Å². The average Bonchev–Trinajstić information content (AvgIpc) is 1.00. The van der Waals surface area contributed by atoms with Crippen LogP contribution in [0.4, 0.5) is 0 Å². The van der Waals surface area contributed by atoms with Gasteiger partial charge in [0.05, 0.1) is 0 Å². The van der Waals surface area contributed by atoms with E-state index in [9.17, 15) is 0 Å². The maximum Gasteiger partial charge on any atom is 0 e. The van der Waals surface area contributed by atoms with Crippen molar-refractivity contribution in [2.75, 3.05) is 0 Å². The van der Waals surface area contributed by atoms with E-state index in [4.69, 9.17) is 0 Å². The van der Waals surface area contributed by atoms with Crippen LogP contribution in [0.3, 0.4) is 0 Å². The summed E-state index contributed by atoms with van der Waals surface area (Å²) >= 11 is 3.88. The third-order valence-electron chi connectivity index (χ3n) is 0. The molecule has 0 aliphatic rings. The molecule has 0 heterocycles. The SMILES string of the molecule is [CH3][Ni].[Cr].[Fe].[W]. The van der Waals surface area contributed by atoms with Crippen LogP contribution in [0.5, 0.6) is 0 Å². The van der Waals surface area contributed by atoms with Crippen LogP contribution < -0.4 is 0 Å². The second-order valence-electron chi connectivity index (χ2n) is 0. The molecule has 0 aromatic heterocycles. The van der Waals surface area contributed by atoms with Crippen molar-refractivity contribution in [2.45, 2.75) is 5.89 Å². The zero-order chi connectivity index (χ0) is 2.00. The van der Waals surface area contributed by atoms with E-state index >= 15 is 0 Å². The molecule has 0 atom stereocenters. The van der Waals surface area contributed by atoms with Crippen molar-refractivity contribution < 1.29 is 71.0 Å². The molecule has 0 unspecified atom stereocenters. The number of rotatable bonds is 0. The predicted molar refractivity (Wildman–Crippen MR) is 5.86 cm³/mol. The smallest absolute Gasteiger partial charge is 0 e. The van der Waals surface area contributed by atoms with Crippen LogP contribution in [0.25, 0.3) is 0 Å². The van der Waals surface area contributed by atoms with Gasteiger partial charge in [0.25, 0.3) is 0 Å². The predicted octanol–water partition coefficient (Wildman–Crippen LogP) is 0.574. The normalized spacial score (nSPS) is 1.40. The molecular formula is CH3CrFeNiW. The zero-order valence-electron chi connectivity index (χ0n) is 2.49. The standard InChI is InChI=1S/CH3.Cr.Fe.Ni.W/h1H3;;;;. The van der Waals surface area contributed by atoms with E-state index in [-0.39, 0.29) is 55.5 Å². The molecule has 0 aliphatic carbocycles. The fourth-order valence-electron chi connectivity index (χ4n) is 0. The van der Waals surface area contributed by atoms with Gasteiger partial charge in [-0.15, -0.1) is 0 Å². The summed E-state index contributed by atoms with van der Waals surface area (Å²) in [6.45, 7) is 0. The van der Waals surface area contributed by atoms with Gasteiger partial charge in [-0.1, -0.05) is 0 Å². The van der Waals surface area contributed by atoms with Crippen LogP contribution in [0.2, 0.25) is 5.89 Å². The third kappa shape index (κ3) is 22.4.